The Labute approximate surface area is 89.1 Å². The maximum absolute atomic E-state index is 10.9. The van der Waals surface area contributed by atoms with Gasteiger partial charge in [0.25, 0.3) is 0 Å². The van der Waals surface area contributed by atoms with Gasteiger partial charge in [-0.15, -0.1) is 0 Å². The molecule has 0 aliphatic rings. The molecule has 0 unspecified atom stereocenters. The van der Waals surface area contributed by atoms with Crippen LogP contribution < -0.4 is 0 Å². The Morgan fingerprint density at radius 1 is 1.50 bits per heavy atom. The number of halogens is 1. The normalized spacial score (nSPS) is 10.7. The summed E-state index contributed by atoms with van der Waals surface area (Å²) in [5.41, 5.74) is 1.07. The standard InChI is InChI=1S/C10H8BrNO2/c1-12-8(11)5-6-3-2-4-7(9(6)12)10(13)14/h2-5H,1H3,(H,13,14). The topological polar surface area (TPSA) is 42.2 Å². The summed E-state index contributed by atoms with van der Waals surface area (Å²) >= 11 is 3.36. The first-order valence-corrected chi connectivity index (χ1v) is 4.88. The number of carboxylic acids is 1. The number of para-hydroxylation sites is 1. The predicted octanol–water partition coefficient (Wildman–Crippen LogP) is 2.64. The molecule has 0 atom stereocenters. The van der Waals surface area contributed by atoms with Crippen molar-refractivity contribution in [2.45, 2.75) is 0 Å². The Bertz CT molecular complexity index is 516. The van der Waals surface area contributed by atoms with E-state index in [1.807, 2.05) is 23.7 Å². The molecule has 0 bridgehead atoms. The molecule has 0 spiro atoms. The van der Waals surface area contributed by atoms with Crippen molar-refractivity contribution in [3.8, 4) is 0 Å². The Balaban J connectivity index is 2.91. The van der Waals surface area contributed by atoms with Gasteiger partial charge in [0.2, 0.25) is 0 Å². The largest absolute Gasteiger partial charge is 0.478 e. The molecule has 2 rings (SSSR count). The van der Waals surface area contributed by atoms with Crippen molar-refractivity contribution in [2.24, 2.45) is 7.05 Å². The molecular formula is C10H8BrNO2. The molecule has 1 aromatic carbocycles. The van der Waals surface area contributed by atoms with Gasteiger partial charge in [0.1, 0.15) is 0 Å². The van der Waals surface area contributed by atoms with E-state index in [4.69, 9.17) is 5.11 Å². The fourth-order valence-electron chi connectivity index (χ4n) is 1.56. The molecule has 2 aromatic rings. The van der Waals surface area contributed by atoms with Gasteiger partial charge in [0.05, 0.1) is 15.7 Å². The van der Waals surface area contributed by atoms with Crippen LogP contribution in [0.2, 0.25) is 0 Å². The smallest absolute Gasteiger partial charge is 0.337 e. The molecule has 0 fully saturated rings. The number of fused-ring (bicyclic) bond motifs is 1. The number of hydrogen-bond donors (Lipinski definition) is 1. The first kappa shape index (κ1) is 9.27. The number of benzene rings is 1. The molecule has 0 radical (unpaired) electrons. The van der Waals surface area contributed by atoms with Crippen LogP contribution in [0.25, 0.3) is 10.9 Å². The lowest BCUT2D eigenvalue weighted by Gasteiger charge is -2.01. The predicted molar refractivity (Wildman–Crippen MR) is 57.6 cm³/mol. The second-order valence-corrected chi connectivity index (χ2v) is 3.89. The second kappa shape index (κ2) is 3.13. The first-order chi connectivity index (χ1) is 6.61. The van der Waals surface area contributed by atoms with E-state index >= 15 is 0 Å². The first-order valence-electron chi connectivity index (χ1n) is 4.08. The van der Waals surface area contributed by atoms with Gasteiger partial charge in [0.15, 0.2) is 0 Å². The van der Waals surface area contributed by atoms with Gasteiger partial charge < -0.3 is 9.67 Å². The molecule has 4 heteroatoms. The molecule has 3 nitrogen and oxygen atoms in total. The van der Waals surface area contributed by atoms with E-state index in [9.17, 15) is 4.79 Å². The highest BCUT2D eigenvalue weighted by molar-refractivity contribution is 9.10. The fourth-order valence-corrected chi connectivity index (χ4v) is 1.98. The number of aryl methyl sites for hydroxylation is 1. The van der Waals surface area contributed by atoms with E-state index in [0.717, 1.165) is 15.5 Å². The van der Waals surface area contributed by atoms with Crippen LogP contribution >= 0.6 is 15.9 Å². The lowest BCUT2D eigenvalue weighted by Crippen LogP contribution is -2.00. The number of aromatic carboxylic acids is 1. The summed E-state index contributed by atoms with van der Waals surface area (Å²) in [6, 6.07) is 7.16. The average Bonchev–Trinajstić information content (AvgIpc) is 2.43. The maximum atomic E-state index is 10.9. The van der Waals surface area contributed by atoms with Gasteiger partial charge in [-0.3, -0.25) is 0 Å². The zero-order valence-electron chi connectivity index (χ0n) is 7.49. The summed E-state index contributed by atoms with van der Waals surface area (Å²) in [4.78, 5) is 10.9. The Hall–Kier alpha value is -1.29. The molecule has 1 aromatic heterocycles. The Kier molecular flexibility index (Phi) is 2.07. The molecule has 0 aliphatic heterocycles. The quantitative estimate of drug-likeness (QED) is 0.849. The van der Waals surface area contributed by atoms with Crippen LogP contribution in [-0.4, -0.2) is 15.6 Å². The summed E-state index contributed by atoms with van der Waals surface area (Å²) in [6.45, 7) is 0. The number of hydrogen-bond acceptors (Lipinski definition) is 1. The van der Waals surface area contributed by atoms with Crippen LogP contribution in [0, 0.1) is 0 Å². The van der Waals surface area contributed by atoms with Gasteiger partial charge >= 0.3 is 5.97 Å². The summed E-state index contributed by atoms with van der Waals surface area (Å²) in [5, 5.41) is 9.92. The molecule has 1 N–H and O–H groups in total. The van der Waals surface area contributed by atoms with Crippen molar-refractivity contribution in [3.63, 3.8) is 0 Å². The highest BCUT2D eigenvalue weighted by Crippen LogP contribution is 2.25. The number of rotatable bonds is 1. The van der Waals surface area contributed by atoms with Crippen molar-refractivity contribution in [1.82, 2.24) is 4.57 Å². The lowest BCUT2D eigenvalue weighted by atomic mass is 10.1. The maximum Gasteiger partial charge on any atom is 0.337 e. The van der Waals surface area contributed by atoms with E-state index in [2.05, 4.69) is 15.9 Å². The van der Waals surface area contributed by atoms with Crippen LogP contribution in [0.5, 0.6) is 0 Å². The third-order valence-electron chi connectivity index (χ3n) is 2.23. The summed E-state index contributed by atoms with van der Waals surface area (Å²) in [5.74, 6) is -0.899. The minimum atomic E-state index is -0.899. The van der Waals surface area contributed by atoms with Crippen LogP contribution in [0.15, 0.2) is 28.9 Å². The molecule has 0 aliphatic carbocycles. The fraction of sp³-hybridized carbons (Fsp3) is 0.100. The van der Waals surface area contributed by atoms with E-state index in [0.29, 0.717) is 5.56 Å². The van der Waals surface area contributed by atoms with Crippen LogP contribution in [0.3, 0.4) is 0 Å². The van der Waals surface area contributed by atoms with Crippen molar-refractivity contribution < 1.29 is 9.90 Å². The zero-order chi connectivity index (χ0) is 10.3. The molecule has 0 amide bonds. The minimum Gasteiger partial charge on any atom is -0.478 e. The highest BCUT2D eigenvalue weighted by Gasteiger charge is 2.12. The Morgan fingerprint density at radius 3 is 2.86 bits per heavy atom. The van der Waals surface area contributed by atoms with Crippen LogP contribution in [-0.2, 0) is 7.05 Å². The number of nitrogens with zero attached hydrogens (tertiary/aromatic N) is 1. The van der Waals surface area contributed by atoms with Crippen molar-refractivity contribution in [1.29, 1.82) is 0 Å². The van der Waals surface area contributed by atoms with E-state index in [1.165, 1.54) is 0 Å². The monoisotopic (exact) mass is 253 g/mol. The molecule has 72 valence electrons. The molecule has 14 heavy (non-hydrogen) atoms. The van der Waals surface area contributed by atoms with Crippen molar-refractivity contribution in [3.05, 3.63) is 34.4 Å². The van der Waals surface area contributed by atoms with Crippen LogP contribution in [0.4, 0.5) is 0 Å². The molecular weight excluding hydrogens is 246 g/mol. The molecule has 0 saturated carbocycles. The van der Waals surface area contributed by atoms with E-state index in [1.54, 1.807) is 12.1 Å². The zero-order valence-corrected chi connectivity index (χ0v) is 9.08. The van der Waals surface area contributed by atoms with Gasteiger partial charge in [-0.2, -0.15) is 0 Å². The van der Waals surface area contributed by atoms with Crippen LogP contribution in [0.1, 0.15) is 10.4 Å². The van der Waals surface area contributed by atoms with Gasteiger partial charge in [-0.25, -0.2) is 4.79 Å². The van der Waals surface area contributed by atoms with Crippen molar-refractivity contribution in [2.75, 3.05) is 0 Å². The van der Waals surface area contributed by atoms with Gasteiger partial charge in [0, 0.05) is 12.4 Å². The summed E-state index contributed by atoms with van der Waals surface area (Å²) < 4.78 is 2.69. The lowest BCUT2D eigenvalue weighted by molar-refractivity contribution is 0.0698. The SMILES string of the molecule is Cn1c(Br)cc2cccc(C(=O)O)c21. The number of carbonyl (C=O) groups is 1. The molecule has 0 saturated heterocycles. The van der Waals surface area contributed by atoms with Crippen molar-refractivity contribution >= 4 is 32.8 Å². The van der Waals surface area contributed by atoms with E-state index in [-0.39, 0.29) is 0 Å². The average molecular weight is 254 g/mol. The second-order valence-electron chi connectivity index (χ2n) is 3.07. The minimum absolute atomic E-state index is 0.329. The highest BCUT2D eigenvalue weighted by atomic mass is 79.9. The van der Waals surface area contributed by atoms with E-state index < -0.39 is 5.97 Å². The third kappa shape index (κ3) is 1.23. The Morgan fingerprint density at radius 2 is 2.21 bits per heavy atom. The summed E-state index contributed by atoms with van der Waals surface area (Å²) in [6.07, 6.45) is 0. The molecule has 1 heterocycles. The van der Waals surface area contributed by atoms with Gasteiger partial charge in [-0.1, -0.05) is 12.1 Å². The number of carboxylic acid groups (broad SMARTS) is 1. The summed E-state index contributed by atoms with van der Waals surface area (Å²) in [7, 11) is 1.83. The third-order valence-corrected chi connectivity index (χ3v) is 2.99. The van der Waals surface area contributed by atoms with Gasteiger partial charge in [-0.05, 0) is 28.1 Å². The number of aromatic nitrogens is 1.